The Kier molecular flexibility index (Phi) is 6.39. The number of halogens is 3. The fraction of sp³-hybridized carbons (Fsp3) is 0.562. The topological polar surface area (TPSA) is 117 Å². The number of rotatable bonds is 9. The zero-order valence-electron chi connectivity index (χ0n) is 15.2. The van der Waals surface area contributed by atoms with Gasteiger partial charge in [-0.1, -0.05) is 0 Å². The van der Waals surface area contributed by atoms with Crippen molar-refractivity contribution in [3.05, 3.63) is 17.4 Å². The summed E-state index contributed by atoms with van der Waals surface area (Å²) in [5.74, 6) is -2.37. The van der Waals surface area contributed by atoms with E-state index in [1.165, 1.54) is 0 Å². The summed E-state index contributed by atoms with van der Waals surface area (Å²) < 4.78 is 75.2. The molecule has 0 saturated carbocycles. The molecule has 1 fully saturated rings. The minimum absolute atomic E-state index is 0.0895. The molecular weight excluding hydrogens is 419 g/mol. The van der Waals surface area contributed by atoms with E-state index >= 15 is 0 Å². The van der Waals surface area contributed by atoms with Crippen molar-refractivity contribution in [1.29, 1.82) is 0 Å². The number of nitrogens with one attached hydrogen (secondary N) is 2. The fourth-order valence-corrected chi connectivity index (χ4v) is 4.28. The molecule has 0 aliphatic carbocycles. The monoisotopic (exact) mass is 439 g/mol. The smallest absolute Gasteiger partial charge is 0.326 e. The van der Waals surface area contributed by atoms with Gasteiger partial charge in [-0.3, -0.25) is 4.79 Å². The molecule has 2 aliphatic heterocycles. The fourth-order valence-electron chi connectivity index (χ4n) is 3.12. The molecule has 1 saturated heterocycles. The Hall–Kier alpha value is -2.25. The second-order valence-corrected chi connectivity index (χ2v) is 8.13. The summed E-state index contributed by atoms with van der Waals surface area (Å²) in [4.78, 5) is 11.4. The van der Waals surface area contributed by atoms with Gasteiger partial charge in [0.25, 0.3) is 12.3 Å². The quantitative estimate of drug-likeness (QED) is 0.473. The first-order valence-corrected chi connectivity index (χ1v) is 10.2. The van der Waals surface area contributed by atoms with Crippen LogP contribution < -0.4 is 19.1 Å². The summed E-state index contributed by atoms with van der Waals surface area (Å²) in [6.45, 7) is -0.281. The minimum Gasteiger partial charge on any atom is -0.505 e. The van der Waals surface area contributed by atoms with Crippen LogP contribution in [-0.4, -0.2) is 64.8 Å². The summed E-state index contributed by atoms with van der Waals surface area (Å²) in [6.07, 6.45) is -2.35. The molecule has 0 unspecified atom stereocenters. The third kappa shape index (κ3) is 4.85. The largest absolute Gasteiger partial charge is 0.505 e. The molecule has 9 nitrogen and oxygen atoms in total. The molecular formula is C16H20F3N3O6S. The van der Waals surface area contributed by atoms with Crippen LogP contribution in [-0.2, 0) is 26.2 Å². The lowest BCUT2D eigenvalue weighted by Gasteiger charge is -2.18. The van der Waals surface area contributed by atoms with E-state index in [9.17, 15) is 31.5 Å². The Morgan fingerprint density at radius 1 is 1.45 bits per heavy atom. The first-order valence-electron chi connectivity index (χ1n) is 8.80. The van der Waals surface area contributed by atoms with E-state index in [0.29, 0.717) is 23.8 Å². The number of nitrogens with zero attached hydrogens (tertiary/aromatic N) is 1. The SMILES string of the molecule is O=C1CN(c2c(O)cc3c(c2F)C[C@H](CNCCCOCC(F)F)O3)S(=O)(=O)N1. The summed E-state index contributed by atoms with van der Waals surface area (Å²) in [5.41, 5.74) is -0.505. The predicted molar refractivity (Wildman–Crippen MR) is 94.9 cm³/mol. The molecule has 13 heteroatoms. The third-order valence-electron chi connectivity index (χ3n) is 4.33. The minimum atomic E-state index is -4.27. The van der Waals surface area contributed by atoms with Crippen LogP contribution in [0.4, 0.5) is 18.9 Å². The zero-order chi connectivity index (χ0) is 21.2. The van der Waals surface area contributed by atoms with Crippen LogP contribution >= 0.6 is 0 Å². The lowest BCUT2D eigenvalue weighted by Crippen LogP contribution is -2.31. The van der Waals surface area contributed by atoms with E-state index in [4.69, 9.17) is 9.47 Å². The van der Waals surface area contributed by atoms with E-state index in [2.05, 4.69) is 5.32 Å². The number of hydrogen-bond donors (Lipinski definition) is 3. The molecule has 1 atom stereocenters. The van der Waals surface area contributed by atoms with Gasteiger partial charge in [0.15, 0.2) is 5.82 Å². The van der Waals surface area contributed by atoms with E-state index < -0.39 is 59.1 Å². The lowest BCUT2D eigenvalue weighted by atomic mass is 10.1. The molecule has 2 heterocycles. The summed E-state index contributed by atoms with van der Waals surface area (Å²) in [7, 11) is -4.27. The summed E-state index contributed by atoms with van der Waals surface area (Å²) in [6, 6.07) is 1.12. The number of phenols is 1. The summed E-state index contributed by atoms with van der Waals surface area (Å²) in [5, 5.41) is 13.1. The van der Waals surface area contributed by atoms with Gasteiger partial charge in [0.1, 0.15) is 36.4 Å². The number of anilines is 1. The number of amides is 1. The Morgan fingerprint density at radius 2 is 2.21 bits per heavy atom. The highest BCUT2D eigenvalue weighted by atomic mass is 32.2. The van der Waals surface area contributed by atoms with Crippen LogP contribution in [0.3, 0.4) is 0 Å². The molecule has 1 aromatic carbocycles. The third-order valence-corrected chi connectivity index (χ3v) is 5.71. The van der Waals surface area contributed by atoms with Gasteiger partial charge in [0.05, 0.1) is 0 Å². The maximum atomic E-state index is 14.9. The van der Waals surface area contributed by atoms with Crippen LogP contribution in [0.15, 0.2) is 6.07 Å². The van der Waals surface area contributed by atoms with Crippen molar-refractivity contribution in [2.24, 2.45) is 0 Å². The number of fused-ring (bicyclic) bond motifs is 1. The van der Waals surface area contributed by atoms with Crippen molar-refractivity contribution in [2.75, 3.05) is 37.2 Å². The van der Waals surface area contributed by atoms with Crippen molar-refractivity contribution in [3.63, 3.8) is 0 Å². The van der Waals surface area contributed by atoms with E-state index in [1.54, 1.807) is 4.72 Å². The number of phenolic OH excluding ortho intramolecular Hbond substituents is 1. The lowest BCUT2D eigenvalue weighted by molar-refractivity contribution is -0.117. The number of aromatic hydroxyl groups is 1. The van der Waals surface area contributed by atoms with Gasteiger partial charge >= 0.3 is 10.2 Å². The van der Waals surface area contributed by atoms with Gasteiger partial charge < -0.3 is 19.9 Å². The molecule has 3 rings (SSSR count). The second kappa shape index (κ2) is 8.63. The number of ether oxygens (including phenoxy) is 2. The van der Waals surface area contributed by atoms with Crippen LogP contribution in [0.2, 0.25) is 0 Å². The Labute approximate surface area is 165 Å². The summed E-state index contributed by atoms with van der Waals surface area (Å²) >= 11 is 0. The molecule has 1 aromatic rings. The Bertz CT molecular complexity index is 883. The highest BCUT2D eigenvalue weighted by Gasteiger charge is 2.40. The number of benzene rings is 1. The van der Waals surface area contributed by atoms with Gasteiger partial charge in [-0.2, -0.15) is 8.42 Å². The maximum absolute atomic E-state index is 14.9. The van der Waals surface area contributed by atoms with E-state index in [0.717, 1.165) is 6.07 Å². The van der Waals surface area contributed by atoms with Crippen molar-refractivity contribution in [2.45, 2.75) is 25.4 Å². The van der Waals surface area contributed by atoms with Crippen LogP contribution in [0, 0.1) is 5.82 Å². The Balaban J connectivity index is 1.59. The highest BCUT2D eigenvalue weighted by Crippen LogP contribution is 2.43. The number of alkyl halides is 2. The predicted octanol–water partition coefficient (Wildman–Crippen LogP) is 0.277. The molecule has 0 aromatic heterocycles. The molecule has 3 N–H and O–H groups in total. The van der Waals surface area contributed by atoms with Gasteiger partial charge in [0, 0.05) is 31.2 Å². The van der Waals surface area contributed by atoms with Gasteiger partial charge in [-0.25, -0.2) is 22.2 Å². The number of carbonyl (C=O) groups is 1. The van der Waals surface area contributed by atoms with Gasteiger partial charge in [-0.15, -0.1) is 0 Å². The maximum Gasteiger partial charge on any atom is 0.326 e. The molecule has 0 radical (unpaired) electrons. The molecule has 29 heavy (non-hydrogen) atoms. The van der Waals surface area contributed by atoms with Crippen molar-refractivity contribution in [3.8, 4) is 11.5 Å². The molecule has 0 spiro atoms. The van der Waals surface area contributed by atoms with Crippen molar-refractivity contribution < 1.29 is 41.0 Å². The van der Waals surface area contributed by atoms with Crippen molar-refractivity contribution in [1.82, 2.24) is 10.0 Å². The van der Waals surface area contributed by atoms with Gasteiger partial charge in [0.2, 0.25) is 0 Å². The molecule has 162 valence electrons. The van der Waals surface area contributed by atoms with Crippen LogP contribution in [0.5, 0.6) is 11.5 Å². The first-order chi connectivity index (χ1) is 13.7. The molecule has 1 amide bonds. The van der Waals surface area contributed by atoms with E-state index in [-0.39, 0.29) is 24.3 Å². The molecule has 0 bridgehead atoms. The molecule has 2 aliphatic rings. The highest BCUT2D eigenvalue weighted by molar-refractivity contribution is 7.92. The second-order valence-electron chi connectivity index (χ2n) is 6.54. The standard InChI is InChI=1S/C16H20F3N3O6S/c17-13(18)8-27-3-1-2-20-6-9-4-10-12(28-9)5-11(23)16(15(10)19)22-7-14(24)21-29(22,25)26/h5,9,13,20,23H,1-4,6-8H2,(H,21,24)/t9-/m1/s1. The normalized spacial score (nSPS) is 20.1. The first kappa shape index (κ1) is 21.5. The number of carbonyl (C=O) groups excluding carboxylic acids is 1. The Morgan fingerprint density at radius 3 is 2.86 bits per heavy atom. The van der Waals surface area contributed by atoms with Gasteiger partial charge in [-0.05, 0) is 13.0 Å². The van der Waals surface area contributed by atoms with Crippen LogP contribution in [0.25, 0.3) is 0 Å². The van der Waals surface area contributed by atoms with E-state index in [1.807, 2.05) is 0 Å². The van der Waals surface area contributed by atoms with Crippen molar-refractivity contribution >= 4 is 21.8 Å². The zero-order valence-corrected chi connectivity index (χ0v) is 16.0. The average Bonchev–Trinajstić information content (AvgIpc) is 3.13. The average molecular weight is 439 g/mol. The number of hydrogen-bond acceptors (Lipinski definition) is 7. The van der Waals surface area contributed by atoms with Crippen LogP contribution in [0.1, 0.15) is 12.0 Å².